The molecule has 1 heterocycles. The van der Waals surface area contributed by atoms with E-state index >= 15 is 0 Å². The van der Waals surface area contributed by atoms with Crippen molar-refractivity contribution in [2.75, 3.05) is 26.2 Å². The molecule has 0 aliphatic carbocycles. The molecule has 1 fully saturated rings. The van der Waals surface area contributed by atoms with Crippen LogP contribution < -0.4 is 5.32 Å². The normalized spacial score (nSPS) is 16.7. The second kappa shape index (κ2) is 10.1. The highest BCUT2D eigenvalue weighted by Crippen LogP contribution is 2.28. The summed E-state index contributed by atoms with van der Waals surface area (Å²) in [6.45, 7) is 8.61. The van der Waals surface area contributed by atoms with Crippen molar-refractivity contribution in [2.45, 2.75) is 39.3 Å². The van der Waals surface area contributed by atoms with Crippen molar-refractivity contribution < 1.29 is 9.59 Å². The van der Waals surface area contributed by atoms with Crippen molar-refractivity contribution in [2.24, 2.45) is 0 Å². The number of hydrogen-bond donors (Lipinski definition) is 1. The first-order valence-electron chi connectivity index (χ1n) is 10.4. The first-order valence-corrected chi connectivity index (χ1v) is 10.8. The van der Waals surface area contributed by atoms with Crippen LogP contribution in [0.5, 0.6) is 0 Å². The van der Waals surface area contributed by atoms with Gasteiger partial charge in [-0.25, -0.2) is 0 Å². The lowest BCUT2D eigenvalue weighted by molar-refractivity contribution is -0.134. The summed E-state index contributed by atoms with van der Waals surface area (Å²) in [7, 11) is 0. The van der Waals surface area contributed by atoms with Gasteiger partial charge in [0.1, 0.15) is 0 Å². The minimum absolute atomic E-state index is 0.0689. The molecule has 0 spiro atoms. The molecule has 160 valence electrons. The summed E-state index contributed by atoms with van der Waals surface area (Å²) in [6.07, 6.45) is 0.267. The van der Waals surface area contributed by atoms with Crippen LogP contribution in [0.15, 0.2) is 48.5 Å². The minimum atomic E-state index is -0.310. The quantitative estimate of drug-likeness (QED) is 0.754. The number of nitrogens with zero attached hydrogens (tertiary/aromatic N) is 2. The van der Waals surface area contributed by atoms with E-state index in [1.807, 2.05) is 54.3 Å². The number of aryl methyl sites for hydroxylation is 1. The Hall–Kier alpha value is -2.37. The van der Waals surface area contributed by atoms with Gasteiger partial charge < -0.3 is 10.2 Å². The van der Waals surface area contributed by atoms with Gasteiger partial charge in [-0.2, -0.15) is 0 Å². The van der Waals surface area contributed by atoms with Crippen molar-refractivity contribution in [1.82, 2.24) is 15.1 Å². The Morgan fingerprint density at radius 3 is 2.27 bits per heavy atom. The van der Waals surface area contributed by atoms with Crippen molar-refractivity contribution >= 4 is 23.4 Å². The van der Waals surface area contributed by atoms with Crippen LogP contribution in [0.3, 0.4) is 0 Å². The molecule has 3 rings (SSSR count). The molecule has 1 N–H and O–H groups in total. The zero-order valence-electron chi connectivity index (χ0n) is 17.9. The van der Waals surface area contributed by atoms with E-state index in [0.29, 0.717) is 13.1 Å². The molecule has 2 aromatic rings. The summed E-state index contributed by atoms with van der Waals surface area (Å²) in [6, 6.07) is 15.8. The second-order valence-electron chi connectivity index (χ2n) is 7.98. The number of piperazine rings is 1. The molecule has 1 saturated heterocycles. The first-order chi connectivity index (χ1) is 14.3. The number of halogens is 1. The molecule has 0 bridgehead atoms. The monoisotopic (exact) mass is 427 g/mol. The fourth-order valence-electron chi connectivity index (χ4n) is 3.97. The molecule has 0 saturated carbocycles. The smallest absolute Gasteiger partial charge is 0.225 e. The third-order valence-corrected chi connectivity index (χ3v) is 6.15. The largest absolute Gasteiger partial charge is 0.349 e. The van der Waals surface area contributed by atoms with Crippen molar-refractivity contribution in [3.63, 3.8) is 0 Å². The summed E-state index contributed by atoms with van der Waals surface area (Å²) < 4.78 is 0. The van der Waals surface area contributed by atoms with Gasteiger partial charge in [0.2, 0.25) is 11.8 Å². The molecule has 2 aromatic carbocycles. The number of hydrogen-bond acceptors (Lipinski definition) is 3. The molecular weight excluding hydrogens is 398 g/mol. The Morgan fingerprint density at radius 2 is 1.67 bits per heavy atom. The lowest BCUT2D eigenvalue weighted by Crippen LogP contribution is -2.50. The molecule has 5 nitrogen and oxygen atoms in total. The maximum Gasteiger partial charge on any atom is 0.225 e. The van der Waals surface area contributed by atoms with Gasteiger partial charge in [0, 0.05) is 44.2 Å². The maximum absolute atomic E-state index is 13.0. The number of carbonyl (C=O) groups excluding carboxylic acids is 2. The van der Waals surface area contributed by atoms with Gasteiger partial charge in [0.15, 0.2) is 0 Å². The lowest BCUT2D eigenvalue weighted by Gasteiger charge is -2.39. The topological polar surface area (TPSA) is 52.7 Å². The van der Waals surface area contributed by atoms with E-state index in [1.54, 1.807) is 0 Å². The first kappa shape index (κ1) is 22.3. The van der Waals surface area contributed by atoms with Gasteiger partial charge in [-0.15, -0.1) is 0 Å². The SMILES string of the molecule is CC(=O)NC(CC(=O)N1CCN(C(C)c2ccccc2Cl)CC1)c1ccc(C)cc1. The molecular formula is C24H30ClN3O2. The van der Waals surface area contributed by atoms with Crippen LogP contribution in [0, 0.1) is 6.92 Å². The average Bonchev–Trinajstić information content (AvgIpc) is 2.73. The van der Waals surface area contributed by atoms with Gasteiger partial charge in [-0.3, -0.25) is 14.5 Å². The molecule has 2 amide bonds. The van der Waals surface area contributed by atoms with Gasteiger partial charge >= 0.3 is 0 Å². The molecule has 1 aliphatic heterocycles. The Bertz CT molecular complexity index is 876. The molecule has 0 radical (unpaired) electrons. The lowest BCUT2D eigenvalue weighted by atomic mass is 10.0. The van der Waals surface area contributed by atoms with Crippen LogP contribution in [0.25, 0.3) is 0 Å². The van der Waals surface area contributed by atoms with E-state index in [0.717, 1.165) is 34.8 Å². The Kier molecular flexibility index (Phi) is 7.51. The van der Waals surface area contributed by atoms with Gasteiger partial charge in [0.05, 0.1) is 12.5 Å². The van der Waals surface area contributed by atoms with Crippen LogP contribution in [0.1, 0.15) is 49.0 Å². The van der Waals surface area contributed by atoms with Crippen LogP contribution in [0.4, 0.5) is 0 Å². The van der Waals surface area contributed by atoms with Gasteiger partial charge in [-0.1, -0.05) is 59.6 Å². The average molecular weight is 428 g/mol. The highest BCUT2D eigenvalue weighted by molar-refractivity contribution is 6.31. The minimum Gasteiger partial charge on any atom is -0.349 e. The Labute approximate surface area is 184 Å². The summed E-state index contributed by atoms with van der Waals surface area (Å²) >= 11 is 6.36. The molecule has 30 heavy (non-hydrogen) atoms. The van der Waals surface area contributed by atoms with Crippen LogP contribution >= 0.6 is 11.6 Å². The summed E-state index contributed by atoms with van der Waals surface area (Å²) in [5.74, 6) is -0.0638. The number of amides is 2. The van der Waals surface area contributed by atoms with E-state index < -0.39 is 0 Å². The van der Waals surface area contributed by atoms with E-state index in [4.69, 9.17) is 11.6 Å². The summed E-state index contributed by atoms with van der Waals surface area (Å²) in [5.41, 5.74) is 3.22. The molecule has 0 aromatic heterocycles. The maximum atomic E-state index is 13.0. The standard InChI is InChI=1S/C24H30ClN3O2/c1-17-8-10-20(11-9-17)23(26-19(3)29)16-24(30)28-14-12-27(13-15-28)18(2)21-6-4-5-7-22(21)25/h4-11,18,23H,12-16H2,1-3H3,(H,26,29). The van der Waals surface area contributed by atoms with E-state index in [9.17, 15) is 9.59 Å². The highest BCUT2D eigenvalue weighted by Gasteiger charge is 2.27. The fourth-order valence-corrected chi connectivity index (χ4v) is 4.26. The Balaban J connectivity index is 1.60. The van der Waals surface area contributed by atoms with Crippen molar-refractivity contribution in [1.29, 1.82) is 0 Å². The number of benzene rings is 2. The molecule has 6 heteroatoms. The van der Waals surface area contributed by atoms with E-state index in [-0.39, 0.29) is 30.3 Å². The molecule has 2 unspecified atom stereocenters. The van der Waals surface area contributed by atoms with Crippen LogP contribution in [0.2, 0.25) is 5.02 Å². The highest BCUT2D eigenvalue weighted by atomic mass is 35.5. The van der Waals surface area contributed by atoms with E-state index in [1.165, 1.54) is 6.92 Å². The number of rotatable bonds is 6. The number of carbonyl (C=O) groups is 2. The second-order valence-corrected chi connectivity index (χ2v) is 8.39. The molecule has 1 aliphatic rings. The predicted octanol–water partition coefficient (Wildman–Crippen LogP) is 4.12. The van der Waals surface area contributed by atoms with Gasteiger partial charge in [0.25, 0.3) is 0 Å². The zero-order chi connectivity index (χ0) is 21.7. The molecule has 2 atom stereocenters. The van der Waals surface area contributed by atoms with Gasteiger partial charge in [-0.05, 0) is 31.0 Å². The van der Waals surface area contributed by atoms with Crippen molar-refractivity contribution in [3.05, 3.63) is 70.2 Å². The third-order valence-electron chi connectivity index (χ3n) is 5.81. The third kappa shape index (κ3) is 5.61. The zero-order valence-corrected chi connectivity index (χ0v) is 18.7. The fraction of sp³-hybridized carbons (Fsp3) is 0.417. The van der Waals surface area contributed by atoms with Crippen molar-refractivity contribution in [3.8, 4) is 0 Å². The Morgan fingerprint density at radius 1 is 1.03 bits per heavy atom. The van der Waals surface area contributed by atoms with Crippen LogP contribution in [-0.4, -0.2) is 47.8 Å². The van der Waals surface area contributed by atoms with Crippen LogP contribution in [-0.2, 0) is 9.59 Å². The predicted molar refractivity (Wildman–Crippen MR) is 120 cm³/mol. The van der Waals surface area contributed by atoms with E-state index in [2.05, 4.69) is 23.2 Å². The number of nitrogens with one attached hydrogen (secondary N) is 1. The summed E-state index contributed by atoms with van der Waals surface area (Å²) in [5, 5.41) is 3.71. The summed E-state index contributed by atoms with van der Waals surface area (Å²) in [4.78, 5) is 28.9.